The van der Waals surface area contributed by atoms with Gasteiger partial charge < -0.3 is 5.11 Å². The predicted octanol–water partition coefficient (Wildman–Crippen LogP) is 2.06. The van der Waals surface area contributed by atoms with E-state index in [9.17, 15) is 5.11 Å². The van der Waals surface area contributed by atoms with Gasteiger partial charge >= 0.3 is 0 Å². The molecule has 0 saturated carbocycles. The largest absolute Gasteiger partial charge is 0.392 e. The molecule has 0 aliphatic carbocycles. The lowest BCUT2D eigenvalue weighted by molar-refractivity contribution is 0.122. The van der Waals surface area contributed by atoms with E-state index in [-0.39, 0.29) is 6.10 Å². The summed E-state index contributed by atoms with van der Waals surface area (Å²) in [5, 5.41) is 9.28. The molecule has 1 aromatic rings. The number of nitrogens with zero attached hydrogens (tertiary/aromatic N) is 1. The Kier molecular flexibility index (Phi) is 4.11. The zero-order valence-electron chi connectivity index (χ0n) is 9.14. The minimum absolute atomic E-state index is 0.272. The summed E-state index contributed by atoms with van der Waals surface area (Å²) >= 11 is 0. The quantitative estimate of drug-likeness (QED) is 0.791. The highest BCUT2D eigenvalue weighted by Crippen LogP contribution is 2.17. The van der Waals surface area contributed by atoms with Crippen molar-refractivity contribution in [2.24, 2.45) is 0 Å². The first-order valence-corrected chi connectivity index (χ1v) is 5.04. The van der Waals surface area contributed by atoms with E-state index in [0.717, 1.165) is 0 Å². The Bertz CT molecular complexity index is 258. The number of hydrogen-bond donors (Lipinski definition) is 1. The monoisotopic (exact) mass is 193 g/mol. The van der Waals surface area contributed by atoms with Gasteiger partial charge in [-0.25, -0.2) is 0 Å². The van der Waals surface area contributed by atoms with Crippen molar-refractivity contribution in [1.29, 1.82) is 0 Å². The van der Waals surface area contributed by atoms with Gasteiger partial charge in [0.1, 0.15) is 0 Å². The molecule has 2 unspecified atom stereocenters. The molecule has 0 aliphatic rings. The molecule has 0 bridgehead atoms. The molecule has 0 radical (unpaired) electrons. The zero-order valence-corrected chi connectivity index (χ0v) is 9.14. The number of likely N-dealkylation sites (N-methyl/N-ethyl adjacent to an activating group) is 1. The second-order valence-corrected chi connectivity index (χ2v) is 3.88. The summed E-state index contributed by atoms with van der Waals surface area (Å²) in [6, 6.07) is 10.7. The maximum absolute atomic E-state index is 9.28. The fourth-order valence-corrected chi connectivity index (χ4v) is 1.56. The van der Waals surface area contributed by atoms with Crippen molar-refractivity contribution in [2.75, 3.05) is 13.6 Å². The molecule has 0 spiro atoms. The molecule has 0 amide bonds. The first-order chi connectivity index (χ1) is 6.61. The highest BCUT2D eigenvalue weighted by atomic mass is 16.3. The average molecular weight is 193 g/mol. The Labute approximate surface area is 86.2 Å². The van der Waals surface area contributed by atoms with Gasteiger partial charge in [0, 0.05) is 12.6 Å². The highest BCUT2D eigenvalue weighted by Gasteiger charge is 2.12. The molecule has 0 aliphatic heterocycles. The molecule has 0 fully saturated rings. The van der Waals surface area contributed by atoms with Crippen molar-refractivity contribution in [3.05, 3.63) is 35.9 Å². The summed E-state index contributed by atoms with van der Waals surface area (Å²) in [6.45, 7) is 4.67. The van der Waals surface area contributed by atoms with Crippen LogP contribution in [0.25, 0.3) is 0 Å². The van der Waals surface area contributed by atoms with Gasteiger partial charge in [0.2, 0.25) is 0 Å². The van der Waals surface area contributed by atoms with Crippen LogP contribution in [0.3, 0.4) is 0 Å². The number of aliphatic hydroxyl groups is 1. The van der Waals surface area contributed by atoms with E-state index in [1.54, 1.807) is 0 Å². The molecular weight excluding hydrogens is 174 g/mol. The SMILES string of the molecule is CC(O)CN(C)C(C)c1ccccc1. The molecule has 14 heavy (non-hydrogen) atoms. The third kappa shape index (κ3) is 3.13. The molecule has 1 N–H and O–H groups in total. The van der Waals surface area contributed by atoms with Gasteiger partial charge in [0.25, 0.3) is 0 Å². The molecule has 2 heteroatoms. The van der Waals surface area contributed by atoms with Crippen LogP contribution in [0.4, 0.5) is 0 Å². The van der Waals surface area contributed by atoms with Gasteiger partial charge in [0.05, 0.1) is 6.10 Å². The van der Waals surface area contributed by atoms with Gasteiger partial charge in [0.15, 0.2) is 0 Å². The zero-order chi connectivity index (χ0) is 10.6. The molecule has 2 atom stereocenters. The smallest absolute Gasteiger partial charge is 0.0639 e. The topological polar surface area (TPSA) is 23.5 Å². The molecule has 0 saturated heterocycles. The molecule has 78 valence electrons. The Hall–Kier alpha value is -0.860. The Morgan fingerprint density at radius 3 is 2.29 bits per heavy atom. The summed E-state index contributed by atoms with van der Waals surface area (Å²) < 4.78 is 0. The minimum Gasteiger partial charge on any atom is -0.392 e. The molecular formula is C12H19NO. The van der Waals surface area contributed by atoms with Crippen molar-refractivity contribution in [3.63, 3.8) is 0 Å². The van der Waals surface area contributed by atoms with E-state index in [2.05, 4.69) is 24.0 Å². The number of hydrogen-bond acceptors (Lipinski definition) is 2. The van der Waals surface area contributed by atoms with Crippen LogP contribution >= 0.6 is 0 Å². The van der Waals surface area contributed by atoms with Crippen molar-refractivity contribution in [2.45, 2.75) is 26.0 Å². The number of aliphatic hydroxyl groups excluding tert-OH is 1. The maximum Gasteiger partial charge on any atom is 0.0639 e. The number of rotatable bonds is 4. The first-order valence-electron chi connectivity index (χ1n) is 5.04. The van der Waals surface area contributed by atoms with Gasteiger partial charge in [-0.2, -0.15) is 0 Å². The molecule has 0 heterocycles. The van der Waals surface area contributed by atoms with Crippen LogP contribution in [-0.4, -0.2) is 29.7 Å². The van der Waals surface area contributed by atoms with Crippen LogP contribution in [0.15, 0.2) is 30.3 Å². The molecule has 1 aromatic carbocycles. The standard InChI is InChI=1S/C12H19NO/c1-10(14)9-13(3)11(2)12-7-5-4-6-8-12/h4-8,10-11,14H,9H2,1-3H3. The van der Waals surface area contributed by atoms with Crippen LogP contribution in [-0.2, 0) is 0 Å². The lowest BCUT2D eigenvalue weighted by Gasteiger charge is -2.26. The number of benzene rings is 1. The van der Waals surface area contributed by atoms with Gasteiger partial charge in [-0.3, -0.25) is 4.90 Å². The Morgan fingerprint density at radius 2 is 1.79 bits per heavy atom. The third-order valence-electron chi connectivity index (χ3n) is 2.50. The second kappa shape index (κ2) is 5.13. The molecule has 0 aromatic heterocycles. The lowest BCUT2D eigenvalue weighted by Crippen LogP contribution is -2.29. The van der Waals surface area contributed by atoms with E-state index in [1.165, 1.54) is 5.56 Å². The van der Waals surface area contributed by atoms with E-state index >= 15 is 0 Å². The normalized spacial score (nSPS) is 15.5. The van der Waals surface area contributed by atoms with Crippen LogP contribution in [0.1, 0.15) is 25.5 Å². The van der Waals surface area contributed by atoms with Gasteiger partial charge in [-0.15, -0.1) is 0 Å². The summed E-state index contributed by atoms with van der Waals surface area (Å²) in [7, 11) is 2.03. The van der Waals surface area contributed by atoms with Crippen molar-refractivity contribution in [3.8, 4) is 0 Å². The lowest BCUT2D eigenvalue weighted by atomic mass is 10.1. The van der Waals surface area contributed by atoms with Crippen LogP contribution in [0, 0.1) is 0 Å². The second-order valence-electron chi connectivity index (χ2n) is 3.88. The maximum atomic E-state index is 9.28. The van der Waals surface area contributed by atoms with Gasteiger partial charge in [-0.1, -0.05) is 30.3 Å². The van der Waals surface area contributed by atoms with Gasteiger partial charge in [-0.05, 0) is 26.5 Å². The van der Waals surface area contributed by atoms with E-state index in [0.29, 0.717) is 12.6 Å². The Balaban J connectivity index is 2.61. The highest BCUT2D eigenvalue weighted by molar-refractivity contribution is 5.18. The molecule has 1 rings (SSSR count). The van der Waals surface area contributed by atoms with Crippen molar-refractivity contribution in [1.82, 2.24) is 4.90 Å². The summed E-state index contributed by atoms with van der Waals surface area (Å²) in [4.78, 5) is 2.15. The fourth-order valence-electron chi connectivity index (χ4n) is 1.56. The third-order valence-corrected chi connectivity index (χ3v) is 2.50. The Morgan fingerprint density at radius 1 is 1.21 bits per heavy atom. The fraction of sp³-hybridized carbons (Fsp3) is 0.500. The minimum atomic E-state index is -0.272. The summed E-state index contributed by atoms with van der Waals surface area (Å²) in [5.41, 5.74) is 1.29. The van der Waals surface area contributed by atoms with Crippen molar-refractivity contribution < 1.29 is 5.11 Å². The summed E-state index contributed by atoms with van der Waals surface area (Å²) in [5.74, 6) is 0. The van der Waals surface area contributed by atoms with E-state index in [1.807, 2.05) is 32.2 Å². The van der Waals surface area contributed by atoms with Crippen LogP contribution < -0.4 is 0 Å². The van der Waals surface area contributed by atoms with Crippen molar-refractivity contribution >= 4 is 0 Å². The van der Waals surface area contributed by atoms with E-state index < -0.39 is 0 Å². The van der Waals surface area contributed by atoms with E-state index in [4.69, 9.17) is 0 Å². The van der Waals surface area contributed by atoms with Crippen LogP contribution in [0.5, 0.6) is 0 Å². The van der Waals surface area contributed by atoms with Crippen LogP contribution in [0.2, 0.25) is 0 Å². The average Bonchev–Trinajstić information content (AvgIpc) is 2.17. The first kappa shape index (κ1) is 11.2. The predicted molar refractivity (Wildman–Crippen MR) is 59.2 cm³/mol. The summed E-state index contributed by atoms with van der Waals surface area (Å²) in [6.07, 6.45) is -0.272. The molecule has 2 nitrogen and oxygen atoms in total.